The van der Waals surface area contributed by atoms with Crippen molar-refractivity contribution in [1.82, 2.24) is 9.80 Å². The Morgan fingerprint density at radius 2 is 1.62 bits per heavy atom. The van der Waals surface area contributed by atoms with Gasteiger partial charge >= 0.3 is 11.9 Å². The SMILES string of the molecule is COc1cc(C(=O)N(CCC2CCCN2C)CC(C)=Cc2ccccc2F)cc(OC)c1OC.O=C(O)/C=C/C(=O)O. The molecule has 0 aromatic heterocycles. The highest BCUT2D eigenvalue weighted by atomic mass is 19.1. The number of likely N-dealkylation sites (tertiary alicyclic amines) is 1. The Morgan fingerprint density at radius 3 is 2.10 bits per heavy atom. The zero-order valence-electron chi connectivity index (χ0n) is 24.6. The van der Waals surface area contributed by atoms with Crippen LogP contribution in [-0.2, 0) is 9.59 Å². The van der Waals surface area contributed by atoms with Crippen molar-refractivity contribution in [3.8, 4) is 17.2 Å². The van der Waals surface area contributed by atoms with E-state index < -0.39 is 11.9 Å². The lowest BCUT2D eigenvalue weighted by Crippen LogP contribution is -2.37. The summed E-state index contributed by atoms with van der Waals surface area (Å²) in [5, 5.41) is 15.6. The molecule has 42 heavy (non-hydrogen) atoms. The molecule has 1 atom stereocenters. The fraction of sp³-hybridized carbons (Fsp3) is 0.387. The fourth-order valence-electron chi connectivity index (χ4n) is 4.64. The third-order valence-electron chi connectivity index (χ3n) is 6.72. The van der Waals surface area contributed by atoms with Gasteiger partial charge in [0.15, 0.2) is 11.5 Å². The summed E-state index contributed by atoms with van der Waals surface area (Å²) in [5.74, 6) is -1.63. The van der Waals surface area contributed by atoms with Crippen LogP contribution < -0.4 is 14.2 Å². The number of carboxylic acid groups (broad SMARTS) is 2. The molecule has 0 saturated carbocycles. The van der Waals surface area contributed by atoms with Gasteiger partial charge in [-0.25, -0.2) is 14.0 Å². The molecule has 2 aromatic rings. The highest BCUT2D eigenvalue weighted by molar-refractivity contribution is 5.96. The molecule has 3 rings (SSSR count). The van der Waals surface area contributed by atoms with Crippen LogP contribution in [0.5, 0.6) is 17.2 Å². The van der Waals surface area contributed by atoms with E-state index in [4.69, 9.17) is 24.4 Å². The molecule has 228 valence electrons. The number of halogens is 1. The standard InChI is InChI=1S/C27H35FN2O4.C4H4O4/c1-19(15-20-9-6-7-11-23(20)28)18-30(14-12-22-10-8-13-29(22)2)27(31)21-16-24(32-3)26(34-5)25(17-21)33-4;5-3(6)1-2-4(7)8/h6-7,9,11,15-17,22H,8,10,12-14,18H2,1-5H3;1-2H,(H,5,6)(H,7,8)/b;2-1+. The minimum absolute atomic E-state index is 0.138. The monoisotopic (exact) mass is 586 g/mol. The largest absolute Gasteiger partial charge is 0.493 e. The minimum Gasteiger partial charge on any atom is -0.493 e. The maximum Gasteiger partial charge on any atom is 0.328 e. The first kappa shape index (κ1) is 33.8. The maximum atomic E-state index is 14.2. The Kier molecular flexibility index (Phi) is 13.5. The molecule has 11 heteroatoms. The molecule has 10 nitrogen and oxygen atoms in total. The van der Waals surface area contributed by atoms with Crippen molar-refractivity contribution in [3.05, 3.63) is 71.1 Å². The van der Waals surface area contributed by atoms with E-state index in [0.29, 0.717) is 59.7 Å². The Morgan fingerprint density at radius 1 is 1.02 bits per heavy atom. The number of aliphatic carboxylic acids is 2. The third-order valence-corrected chi connectivity index (χ3v) is 6.72. The van der Waals surface area contributed by atoms with Gasteiger partial charge in [0.25, 0.3) is 5.91 Å². The summed E-state index contributed by atoms with van der Waals surface area (Å²) < 4.78 is 30.5. The van der Waals surface area contributed by atoms with E-state index in [1.165, 1.54) is 33.8 Å². The number of methoxy groups -OCH3 is 3. The molecule has 2 aromatic carbocycles. The number of hydrogen-bond donors (Lipinski definition) is 2. The first-order valence-corrected chi connectivity index (χ1v) is 13.4. The number of ether oxygens (including phenoxy) is 3. The molecule has 1 aliphatic rings. The Hall–Kier alpha value is -4.38. The summed E-state index contributed by atoms with van der Waals surface area (Å²) in [5.41, 5.74) is 1.86. The van der Waals surface area contributed by atoms with E-state index in [0.717, 1.165) is 25.0 Å². The highest BCUT2D eigenvalue weighted by Crippen LogP contribution is 2.38. The minimum atomic E-state index is -1.26. The van der Waals surface area contributed by atoms with E-state index in [1.54, 1.807) is 36.4 Å². The van der Waals surface area contributed by atoms with Crippen molar-refractivity contribution in [2.45, 2.75) is 32.2 Å². The van der Waals surface area contributed by atoms with Gasteiger partial charge in [-0.3, -0.25) is 4.79 Å². The second-order valence-corrected chi connectivity index (χ2v) is 9.73. The Bertz CT molecular complexity index is 1250. The molecule has 1 aliphatic heterocycles. The van der Waals surface area contributed by atoms with Gasteiger partial charge in [-0.05, 0) is 58.0 Å². The lowest BCUT2D eigenvalue weighted by Gasteiger charge is -2.27. The van der Waals surface area contributed by atoms with Crippen molar-refractivity contribution in [2.24, 2.45) is 0 Å². The molecule has 0 aliphatic carbocycles. The van der Waals surface area contributed by atoms with Crippen LogP contribution in [-0.4, -0.2) is 91.9 Å². The van der Waals surface area contributed by atoms with E-state index >= 15 is 0 Å². The van der Waals surface area contributed by atoms with Gasteiger partial charge in [-0.15, -0.1) is 0 Å². The number of hydrogen-bond acceptors (Lipinski definition) is 7. The molecule has 1 unspecified atom stereocenters. The normalized spacial score (nSPS) is 15.1. The van der Waals surface area contributed by atoms with Crippen molar-refractivity contribution in [3.63, 3.8) is 0 Å². The molecule has 1 fully saturated rings. The number of carboxylic acids is 2. The first-order valence-electron chi connectivity index (χ1n) is 13.4. The summed E-state index contributed by atoms with van der Waals surface area (Å²) in [6, 6.07) is 10.4. The lowest BCUT2D eigenvalue weighted by molar-refractivity contribution is -0.134. The molecule has 2 N–H and O–H groups in total. The summed E-state index contributed by atoms with van der Waals surface area (Å²) in [7, 11) is 6.72. The second kappa shape index (κ2) is 16.8. The zero-order valence-corrected chi connectivity index (χ0v) is 24.6. The molecular weight excluding hydrogens is 547 g/mol. The van der Waals surface area contributed by atoms with Crippen LogP contribution in [0.25, 0.3) is 6.08 Å². The van der Waals surface area contributed by atoms with E-state index in [-0.39, 0.29) is 11.7 Å². The predicted molar refractivity (Wildman–Crippen MR) is 157 cm³/mol. The summed E-state index contributed by atoms with van der Waals surface area (Å²) in [6.45, 7) is 3.98. The van der Waals surface area contributed by atoms with Gasteiger partial charge in [-0.1, -0.05) is 29.8 Å². The average molecular weight is 587 g/mol. The topological polar surface area (TPSA) is 126 Å². The van der Waals surface area contributed by atoms with Crippen LogP contribution in [0, 0.1) is 5.82 Å². The van der Waals surface area contributed by atoms with Crippen LogP contribution in [0.2, 0.25) is 0 Å². The predicted octanol–water partition coefficient (Wildman–Crippen LogP) is 4.59. The van der Waals surface area contributed by atoms with Crippen LogP contribution in [0.1, 0.15) is 42.1 Å². The molecule has 0 spiro atoms. The van der Waals surface area contributed by atoms with Crippen LogP contribution in [0.4, 0.5) is 4.39 Å². The van der Waals surface area contributed by atoms with Gasteiger partial charge in [0.1, 0.15) is 5.82 Å². The Balaban J connectivity index is 0.000000675. The van der Waals surface area contributed by atoms with Gasteiger partial charge in [0.2, 0.25) is 5.75 Å². The highest BCUT2D eigenvalue weighted by Gasteiger charge is 2.25. The molecular formula is C31H39FN2O8. The van der Waals surface area contributed by atoms with Crippen molar-refractivity contribution in [2.75, 3.05) is 48.0 Å². The Labute approximate surface area is 245 Å². The van der Waals surface area contributed by atoms with E-state index in [2.05, 4.69) is 11.9 Å². The second-order valence-electron chi connectivity index (χ2n) is 9.73. The van der Waals surface area contributed by atoms with Crippen LogP contribution >= 0.6 is 0 Å². The van der Waals surface area contributed by atoms with Gasteiger partial charge in [0.05, 0.1) is 21.3 Å². The van der Waals surface area contributed by atoms with Crippen LogP contribution in [0.15, 0.2) is 54.1 Å². The summed E-state index contributed by atoms with van der Waals surface area (Å²) in [6.07, 6.45) is 6.10. The molecule has 1 saturated heterocycles. The molecule has 0 radical (unpaired) electrons. The number of benzene rings is 2. The number of carbonyl (C=O) groups excluding carboxylic acids is 1. The van der Waals surface area contributed by atoms with Crippen LogP contribution in [0.3, 0.4) is 0 Å². The van der Waals surface area contributed by atoms with E-state index in [1.807, 2.05) is 11.8 Å². The van der Waals surface area contributed by atoms with Crippen molar-refractivity contribution in [1.29, 1.82) is 0 Å². The average Bonchev–Trinajstić information content (AvgIpc) is 3.38. The first-order chi connectivity index (χ1) is 20.0. The molecule has 1 amide bonds. The number of rotatable bonds is 12. The van der Waals surface area contributed by atoms with Crippen molar-refractivity contribution >= 4 is 23.9 Å². The molecule has 1 heterocycles. The zero-order chi connectivity index (χ0) is 31.2. The third kappa shape index (κ3) is 10.2. The lowest BCUT2D eigenvalue weighted by atomic mass is 10.1. The number of amides is 1. The molecule has 0 bridgehead atoms. The fourth-order valence-corrected chi connectivity index (χ4v) is 4.64. The van der Waals surface area contributed by atoms with Crippen molar-refractivity contribution < 1.29 is 43.2 Å². The smallest absolute Gasteiger partial charge is 0.328 e. The maximum absolute atomic E-state index is 14.2. The van der Waals surface area contributed by atoms with Gasteiger partial charge < -0.3 is 34.2 Å². The van der Waals surface area contributed by atoms with Gasteiger partial charge in [-0.2, -0.15) is 0 Å². The summed E-state index contributed by atoms with van der Waals surface area (Å²) in [4.78, 5) is 37.0. The van der Waals surface area contributed by atoms with Gasteiger partial charge in [0, 0.05) is 42.4 Å². The summed E-state index contributed by atoms with van der Waals surface area (Å²) >= 11 is 0. The number of nitrogens with zero attached hydrogens (tertiary/aromatic N) is 2. The number of carbonyl (C=O) groups is 3. The quantitative estimate of drug-likeness (QED) is 0.344. The van der Waals surface area contributed by atoms with E-state index in [9.17, 15) is 18.8 Å².